The second-order valence-corrected chi connectivity index (χ2v) is 4.77. The van der Waals surface area contributed by atoms with E-state index in [4.69, 9.17) is 9.47 Å². The van der Waals surface area contributed by atoms with E-state index < -0.39 is 0 Å². The maximum atomic E-state index is 11.9. The van der Waals surface area contributed by atoms with Gasteiger partial charge in [0.2, 0.25) is 5.91 Å². The number of methoxy groups -OCH3 is 1. The zero-order valence-electron chi connectivity index (χ0n) is 9.95. The second-order valence-electron chi connectivity index (χ2n) is 4.12. The van der Waals surface area contributed by atoms with Gasteiger partial charge >= 0.3 is 0 Å². The van der Waals surface area contributed by atoms with Crippen LogP contribution in [0.5, 0.6) is 0 Å². The van der Waals surface area contributed by atoms with Gasteiger partial charge in [0.1, 0.15) is 6.61 Å². The van der Waals surface area contributed by atoms with Gasteiger partial charge in [0.05, 0.1) is 13.2 Å². The minimum Gasteiger partial charge on any atom is -0.382 e. The fraction of sp³-hybridized carbons (Fsp3) is 0.909. The highest BCUT2D eigenvalue weighted by atomic mass is 79.9. The third-order valence-electron chi connectivity index (χ3n) is 3.02. The zero-order valence-corrected chi connectivity index (χ0v) is 11.5. The van der Waals surface area contributed by atoms with E-state index in [1.807, 2.05) is 4.90 Å². The van der Waals surface area contributed by atoms with Gasteiger partial charge in [-0.05, 0) is 12.3 Å². The molecule has 2 unspecified atom stereocenters. The van der Waals surface area contributed by atoms with Crippen molar-refractivity contribution in [2.75, 3.05) is 38.8 Å². The number of hydrogen-bond acceptors (Lipinski definition) is 3. The number of rotatable bonds is 6. The van der Waals surface area contributed by atoms with Crippen molar-refractivity contribution in [3.05, 3.63) is 0 Å². The number of alkyl halides is 1. The highest BCUT2D eigenvalue weighted by Crippen LogP contribution is 2.25. The molecule has 0 saturated carbocycles. The monoisotopic (exact) mass is 293 g/mol. The Labute approximate surface area is 105 Å². The molecule has 16 heavy (non-hydrogen) atoms. The van der Waals surface area contributed by atoms with Crippen molar-refractivity contribution in [3.8, 4) is 0 Å². The van der Waals surface area contributed by atoms with Crippen LogP contribution < -0.4 is 0 Å². The Bertz CT molecular complexity index is 225. The SMILES string of the molecule is COCCOCC(=O)N1CCC(C)C1CBr. The molecule has 1 aliphatic heterocycles. The summed E-state index contributed by atoms with van der Waals surface area (Å²) in [5, 5.41) is 0.845. The van der Waals surface area contributed by atoms with E-state index in [0.717, 1.165) is 18.3 Å². The van der Waals surface area contributed by atoms with Crippen molar-refractivity contribution in [1.29, 1.82) is 0 Å². The molecule has 1 rings (SSSR count). The lowest BCUT2D eigenvalue weighted by Gasteiger charge is -2.25. The molecule has 0 aliphatic carbocycles. The minimum absolute atomic E-state index is 0.0879. The summed E-state index contributed by atoms with van der Waals surface area (Å²) in [6, 6.07) is 0.318. The smallest absolute Gasteiger partial charge is 0.248 e. The molecule has 1 saturated heterocycles. The molecule has 0 bridgehead atoms. The number of nitrogens with zero attached hydrogens (tertiary/aromatic N) is 1. The van der Waals surface area contributed by atoms with Gasteiger partial charge in [0, 0.05) is 25.0 Å². The first-order chi connectivity index (χ1) is 7.70. The summed E-state index contributed by atoms with van der Waals surface area (Å²) < 4.78 is 10.1. The molecule has 1 heterocycles. The first-order valence-corrected chi connectivity index (χ1v) is 6.75. The maximum Gasteiger partial charge on any atom is 0.248 e. The highest BCUT2D eigenvalue weighted by Gasteiger charge is 2.33. The van der Waals surface area contributed by atoms with Crippen LogP contribution in [0.3, 0.4) is 0 Å². The molecule has 0 aromatic heterocycles. The quantitative estimate of drug-likeness (QED) is 0.547. The molecule has 2 atom stereocenters. The van der Waals surface area contributed by atoms with Crippen LogP contribution in [-0.2, 0) is 14.3 Å². The molecule has 0 spiro atoms. The second kappa shape index (κ2) is 7.25. The van der Waals surface area contributed by atoms with Crippen LogP contribution in [0.4, 0.5) is 0 Å². The Morgan fingerprint density at radius 2 is 2.25 bits per heavy atom. The van der Waals surface area contributed by atoms with E-state index in [0.29, 0.717) is 25.2 Å². The number of halogens is 1. The van der Waals surface area contributed by atoms with Gasteiger partial charge in [0.15, 0.2) is 0 Å². The fourth-order valence-electron chi connectivity index (χ4n) is 1.94. The van der Waals surface area contributed by atoms with Gasteiger partial charge in [-0.25, -0.2) is 0 Å². The number of hydrogen-bond donors (Lipinski definition) is 0. The summed E-state index contributed by atoms with van der Waals surface area (Å²) in [4.78, 5) is 13.8. The van der Waals surface area contributed by atoms with Crippen LogP contribution in [0.25, 0.3) is 0 Å². The van der Waals surface area contributed by atoms with Crippen LogP contribution in [0, 0.1) is 5.92 Å². The Morgan fingerprint density at radius 3 is 2.88 bits per heavy atom. The summed E-state index contributed by atoms with van der Waals surface area (Å²) in [6.07, 6.45) is 1.08. The van der Waals surface area contributed by atoms with Crippen LogP contribution in [0.2, 0.25) is 0 Å². The molecule has 0 radical (unpaired) electrons. The van der Waals surface area contributed by atoms with E-state index in [9.17, 15) is 4.79 Å². The van der Waals surface area contributed by atoms with E-state index in [2.05, 4.69) is 22.9 Å². The van der Waals surface area contributed by atoms with Crippen molar-refractivity contribution in [2.45, 2.75) is 19.4 Å². The molecular weight excluding hydrogens is 274 g/mol. The third-order valence-corrected chi connectivity index (χ3v) is 3.68. The van der Waals surface area contributed by atoms with Crippen molar-refractivity contribution >= 4 is 21.8 Å². The highest BCUT2D eigenvalue weighted by molar-refractivity contribution is 9.09. The third kappa shape index (κ3) is 3.71. The van der Waals surface area contributed by atoms with Crippen LogP contribution in [0.1, 0.15) is 13.3 Å². The molecule has 0 aromatic rings. The molecule has 94 valence electrons. The largest absolute Gasteiger partial charge is 0.382 e. The van der Waals surface area contributed by atoms with Gasteiger partial charge in [-0.15, -0.1) is 0 Å². The van der Waals surface area contributed by atoms with Crippen molar-refractivity contribution in [1.82, 2.24) is 4.90 Å². The van der Waals surface area contributed by atoms with E-state index in [-0.39, 0.29) is 12.5 Å². The van der Waals surface area contributed by atoms with Gasteiger partial charge in [0.25, 0.3) is 0 Å². The summed E-state index contributed by atoms with van der Waals surface area (Å²) in [7, 11) is 1.62. The van der Waals surface area contributed by atoms with Gasteiger partial charge in [-0.3, -0.25) is 4.79 Å². The molecule has 5 heteroatoms. The summed E-state index contributed by atoms with van der Waals surface area (Å²) in [5.74, 6) is 0.659. The lowest BCUT2D eigenvalue weighted by atomic mass is 10.1. The number of carbonyl (C=O) groups excluding carboxylic acids is 1. The van der Waals surface area contributed by atoms with E-state index in [1.54, 1.807) is 7.11 Å². The molecular formula is C11H20BrNO3. The molecule has 1 aliphatic rings. The van der Waals surface area contributed by atoms with Crippen LogP contribution in [0.15, 0.2) is 0 Å². The Balaban J connectivity index is 2.30. The number of likely N-dealkylation sites (tertiary alicyclic amines) is 1. The minimum atomic E-state index is 0.0879. The Morgan fingerprint density at radius 1 is 1.50 bits per heavy atom. The van der Waals surface area contributed by atoms with E-state index >= 15 is 0 Å². The Hall–Kier alpha value is -0.130. The predicted molar refractivity (Wildman–Crippen MR) is 65.8 cm³/mol. The molecule has 0 N–H and O–H groups in total. The summed E-state index contributed by atoms with van der Waals surface area (Å²) in [6.45, 7) is 4.21. The first-order valence-electron chi connectivity index (χ1n) is 5.62. The zero-order chi connectivity index (χ0) is 12.0. The lowest BCUT2D eigenvalue weighted by molar-refractivity contribution is -0.137. The standard InChI is InChI=1S/C11H20BrNO3/c1-9-3-4-13(10(9)7-12)11(14)8-16-6-5-15-2/h9-10H,3-8H2,1-2H3. The average Bonchev–Trinajstić information content (AvgIpc) is 2.65. The van der Waals surface area contributed by atoms with E-state index in [1.165, 1.54) is 0 Å². The number of amides is 1. The molecule has 1 amide bonds. The molecule has 0 aromatic carbocycles. The van der Waals surface area contributed by atoms with Crippen molar-refractivity contribution in [3.63, 3.8) is 0 Å². The van der Waals surface area contributed by atoms with Crippen LogP contribution in [-0.4, -0.2) is 55.7 Å². The average molecular weight is 294 g/mol. The molecule has 4 nitrogen and oxygen atoms in total. The number of ether oxygens (including phenoxy) is 2. The summed E-state index contributed by atoms with van der Waals surface area (Å²) in [5.41, 5.74) is 0. The van der Waals surface area contributed by atoms with Crippen LogP contribution >= 0.6 is 15.9 Å². The predicted octanol–water partition coefficient (Wildman–Crippen LogP) is 1.28. The maximum absolute atomic E-state index is 11.9. The lowest BCUT2D eigenvalue weighted by Crippen LogP contribution is -2.40. The normalized spacial score (nSPS) is 25.1. The van der Waals surface area contributed by atoms with Gasteiger partial charge in [-0.1, -0.05) is 22.9 Å². The summed E-state index contributed by atoms with van der Waals surface area (Å²) >= 11 is 3.46. The topological polar surface area (TPSA) is 38.8 Å². The fourth-order valence-corrected chi connectivity index (χ4v) is 2.93. The first kappa shape index (κ1) is 13.9. The molecule has 1 fully saturated rings. The van der Waals surface area contributed by atoms with Gasteiger partial charge in [-0.2, -0.15) is 0 Å². The number of carbonyl (C=O) groups is 1. The Kier molecular flexibility index (Phi) is 6.31. The van der Waals surface area contributed by atoms with Crippen molar-refractivity contribution < 1.29 is 14.3 Å². The van der Waals surface area contributed by atoms with Gasteiger partial charge < -0.3 is 14.4 Å². The van der Waals surface area contributed by atoms with Crippen molar-refractivity contribution in [2.24, 2.45) is 5.92 Å².